The van der Waals surface area contributed by atoms with Crippen molar-refractivity contribution >= 4 is 24.8 Å². The van der Waals surface area contributed by atoms with Gasteiger partial charge in [-0.15, -0.1) is 11.8 Å². The molecule has 5 heteroatoms. The molecule has 1 aliphatic rings. The third-order valence-corrected chi connectivity index (χ3v) is 12.8. The maximum absolute atomic E-state index is 13.6. The lowest BCUT2D eigenvalue weighted by Crippen LogP contribution is -2.67. The molecule has 1 heterocycles. The molecule has 1 amide bonds. The van der Waals surface area contributed by atoms with Gasteiger partial charge in [-0.2, -0.15) is 0 Å². The maximum atomic E-state index is 13.6. The highest BCUT2D eigenvalue weighted by atomic mass is 28.4. The summed E-state index contributed by atoms with van der Waals surface area (Å²) < 4.78 is 13.1. The van der Waals surface area contributed by atoms with Gasteiger partial charge in [0.2, 0.25) is 0 Å². The number of hydrogen-bond donors (Lipinski definition) is 0. The van der Waals surface area contributed by atoms with Gasteiger partial charge in [-0.25, -0.2) is 4.79 Å². The van der Waals surface area contributed by atoms with Crippen molar-refractivity contribution in [1.29, 1.82) is 0 Å². The number of hydrogen-bond acceptors (Lipinski definition) is 3. The standard InChI is InChI=1S/C36H43NO3Si/c1-5-6-7-8-14-21-31-26-27-32(37(31)35(38)39-28-30-19-12-9-13-20-30)29-40-41(36(2,3)4,33-22-15-10-16-23-33)34-24-17-11-18-25-34/h9-13,15-20,22-26,32H,7-8,14,21,27-29H2,1-4H3/t32-/m0/s1. The topological polar surface area (TPSA) is 38.8 Å². The molecule has 0 aromatic heterocycles. The highest BCUT2D eigenvalue weighted by Crippen LogP contribution is 2.38. The third-order valence-electron chi connectivity index (χ3n) is 7.77. The number of ether oxygens (including phenoxy) is 1. The molecule has 3 aromatic rings. The highest BCUT2D eigenvalue weighted by molar-refractivity contribution is 6.99. The summed E-state index contributed by atoms with van der Waals surface area (Å²) in [6, 6.07) is 31.0. The van der Waals surface area contributed by atoms with Crippen molar-refractivity contribution in [2.45, 2.75) is 77.5 Å². The fourth-order valence-electron chi connectivity index (χ4n) is 5.76. The Hall–Kier alpha value is -3.59. The van der Waals surface area contributed by atoms with Gasteiger partial charge in [0.25, 0.3) is 8.32 Å². The zero-order valence-corrected chi connectivity index (χ0v) is 25.9. The van der Waals surface area contributed by atoms with Gasteiger partial charge in [0.05, 0.1) is 12.6 Å². The van der Waals surface area contributed by atoms with Crippen LogP contribution in [0.5, 0.6) is 0 Å². The molecule has 0 radical (unpaired) electrons. The Bertz CT molecular complexity index is 1300. The summed E-state index contributed by atoms with van der Waals surface area (Å²) in [7, 11) is -2.73. The lowest BCUT2D eigenvalue weighted by Gasteiger charge is -2.44. The second kappa shape index (κ2) is 14.3. The van der Waals surface area contributed by atoms with Crippen LogP contribution in [0.15, 0.2) is 103 Å². The Morgan fingerprint density at radius 1 is 0.902 bits per heavy atom. The minimum atomic E-state index is -2.73. The summed E-state index contributed by atoms with van der Waals surface area (Å²) in [6.45, 7) is 9.40. The normalized spacial score (nSPS) is 15.2. The second-order valence-electron chi connectivity index (χ2n) is 11.6. The number of carbonyl (C=O) groups is 1. The predicted molar refractivity (Wildman–Crippen MR) is 170 cm³/mol. The quantitative estimate of drug-likeness (QED) is 0.138. The molecule has 0 fully saturated rings. The Morgan fingerprint density at radius 2 is 1.49 bits per heavy atom. The van der Waals surface area contributed by atoms with Crippen LogP contribution in [0.4, 0.5) is 4.79 Å². The molecule has 0 saturated carbocycles. The van der Waals surface area contributed by atoms with Crippen molar-refractivity contribution in [2.24, 2.45) is 0 Å². The van der Waals surface area contributed by atoms with Crippen molar-refractivity contribution in [1.82, 2.24) is 4.90 Å². The van der Waals surface area contributed by atoms with E-state index in [9.17, 15) is 4.79 Å². The SMILES string of the molecule is CC#CCCCCC1=CC[C@@H](CO[Si](c2ccccc2)(c2ccccc2)C(C)(C)C)N1C(=O)OCc1ccccc1. The maximum Gasteiger partial charge on any atom is 0.414 e. The van der Waals surface area contributed by atoms with E-state index in [4.69, 9.17) is 9.16 Å². The first-order valence-corrected chi connectivity index (χ1v) is 16.6. The number of carbonyl (C=O) groups excluding carboxylic acids is 1. The van der Waals surface area contributed by atoms with Crippen molar-refractivity contribution in [3.8, 4) is 11.8 Å². The second-order valence-corrected chi connectivity index (χ2v) is 15.9. The van der Waals surface area contributed by atoms with Crippen LogP contribution >= 0.6 is 0 Å². The van der Waals surface area contributed by atoms with Gasteiger partial charge < -0.3 is 9.16 Å². The number of nitrogens with zero attached hydrogens (tertiary/aromatic N) is 1. The Kier molecular flexibility index (Phi) is 10.6. The summed E-state index contributed by atoms with van der Waals surface area (Å²) in [6.07, 6.45) is 6.34. The zero-order chi connectivity index (χ0) is 29.1. The summed E-state index contributed by atoms with van der Waals surface area (Å²) in [4.78, 5) is 15.5. The van der Waals surface area contributed by atoms with E-state index in [-0.39, 0.29) is 23.8 Å². The van der Waals surface area contributed by atoms with Crippen LogP contribution in [-0.2, 0) is 15.8 Å². The zero-order valence-electron chi connectivity index (χ0n) is 24.9. The molecule has 0 saturated heterocycles. The van der Waals surface area contributed by atoms with Crippen LogP contribution < -0.4 is 10.4 Å². The number of allylic oxidation sites excluding steroid dienone is 1. The largest absolute Gasteiger partial charge is 0.444 e. The summed E-state index contributed by atoms with van der Waals surface area (Å²) in [5.74, 6) is 6.12. The van der Waals surface area contributed by atoms with Crippen LogP contribution in [0.25, 0.3) is 0 Å². The Labute approximate surface area is 247 Å². The number of amides is 1. The van der Waals surface area contributed by atoms with E-state index in [1.54, 1.807) is 0 Å². The van der Waals surface area contributed by atoms with Crippen molar-refractivity contribution in [3.05, 3.63) is 108 Å². The predicted octanol–water partition coefficient (Wildman–Crippen LogP) is 7.44. The molecule has 0 aliphatic carbocycles. The van der Waals surface area contributed by atoms with Crippen molar-refractivity contribution < 1.29 is 14.0 Å². The molecule has 0 spiro atoms. The number of unbranched alkanes of at least 4 members (excludes halogenated alkanes) is 2. The lowest BCUT2D eigenvalue weighted by molar-refractivity contribution is 0.0858. The molecule has 41 heavy (non-hydrogen) atoms. The van der Waals surface area contributed by atoms with E-state index in [2.05, 4.69) is 99.4 Å². The minimum absolute atomic E-state index is 0.120. The van der Waals surface area contributed by atoms with E-state index in [0.29, 0.717) is 6.61 Å². The highest BCUT2D eigenvalue weighted by Gasteiger charge is 2.51. The van der Waals surface area contributed by atoms with Crippen molar-refractivity contribution in [3.63, 3.8) is 0 Å². The monoisotopic (exact) mass is 565 g/mol. The minimum Gasteiger partial charge on any atom is -0.444 e. The van der Waals surface area contributed by atoms with E-state index in [1.807, 2.05) is 42.2 Å². The molecule has 0 bridgehead atoms. The van der Waals surface area contributed by atoms with Gasteiger partial charge in [0.15, 0.2) is 0 Å². The molecular formula is C36H43NO3Si. The average Bonchev–Trinajstić information content (AvgIpc) is 3.40. The average molecular weight is 566 g/mol. The molecular weight excluding hydrogens is 522 g/mol. The molecule has 214 valence electrons. The summed E-state index contributed by atoms with van der Waals surface area (Å²) in [5, 5.41) is 2.34. The number of rotatable bonds is 11. The van der Waals surface area contributed by atoms with Crippen LogP contribution in [0.3, 0.4) is 0 Å². The van der Waals surface area contributed by atoms with E-state index >= 15 is 0 Å². The van der Waals surface area contributed by atoms with E-state index < -0.39 is 8.32 Å². The Balaban J connectivity index is 1.59. The summed E-state index contributed by atoms with van der Waals surface area (Å²) in [5.41, 5.74) is 2.01. The molecule has 0 N–H and O–H groups in total. The Morgan fingerprint density at radius 3 is 2.05 bits per heavy atom. The van der Waals surface area contributed by atoms with E-state index in [0.717, 1.165) is 43.4 Å². The van der Waals surface area contributed by atoms with Gasteiger partial charge in [-0.3, -0.25) is 4.90 Å². The van der Waals surface area contributed by atoms with Gasteiger partial charge >= 0.3 is 6.09 Å². The van der Waals surface area contributed by atoms with Crippen molar-refractivity contribution in [2.75, 3.05) is 6.61 Å². The van der Waals surface area contributed by atoms with Crippen LogP contribution in [0.1, 0.15) is 65.4 Å². The van der Waals surface area contributed by atoms with Crippen LogP contribution in [-0.4, -0.2) is 32.0 Å². The lowest BCUT2D eigenvalue weighted by atomic mass is 10.1. The molecule has 4 rings (SSSR count). The third kappa shape index (κ3) is 7.38. The first kappa shape index (κ1) is 30.4. The van der Waals surface area contributed by atoms with Gasteiger partial charge in [-0.1, -0.05) is 118 Å². The summed E-state index contributed by atoms with van der Waals surface area (Å²) >= 11 is 0. The molecule has 1 atom stereocenters. The molecule has 0 unspecified atom stereocenters. The molecule has 4 nitrogen and oxygen atoms in total. The molecule has 3 aromatic carbocycles. The smallest absolute Gasteiger partial charge is 0.414 e. The van der Waals surface area contributed by atoms with Crippen LogP contribution in [0.2, 0.25) is 5.04 Å². The molecule has 1 aliphatic heterocycles. The fraction of sp³-hybridized carbons (Fsp3) is 0.361. The first-order chi connectivity index (χ1) is 19.9. The fourth-order valence-corrected chi connectivity index (χ4v) is 10.4. The number of benzene rings is 3. The van der Waals surface area contributed by atoms with E-state index in [1.165, 1.54) is 10.4 Å². The van der Waals surface area contributed by atoms with Gasteiger partial charge in [-0.05, 0) is 53.6 Å². The van der Waals surface area contributed by atoms with Gasteiger partial charge in [0, 0.05) is 12.1 Å². The van der Waals surface area contributed by atoms with Gasteiger partial charge in [0.1, 0.15) is 6.61 Å². The first-order valence-electron chi connectivity index (χ1n) is 14.7. The van der Waals surface area contributed by atoms with Crippen LogP contribution in [0, 0.1) is 11.8 Å².